The average molecular weight is 976 g/mol. The van der Waals surface area contributed by atoms with Crippen LogP contribution < -0.4 is 15.5 Å². The zero-order chi connectivity index (χ0) is 49.1. The van der Waals surface area contributed by atoms with Crippen molar-refractivity contribution in [1.82, 2.24) is 20.5 Å². The molecule has 2 fully saturated rings. The number of nitrogens with zero attached hydrogens (tertiary/aromatic N) is 2. The molecule has 69 heavy (non-hydrogen) atoms. The molecule has 2 saturated heterocycles. The first-order valence-corrected chi connectivity index (χ1v) is 23.3. The van der Waals surface area contributed by atoms with Gasteiger partial charge in [0.15, 0.2) is 5.78 Å². The number of amides is 6. The number of aliphatic hydroxyl groups is 1. The van der Waals surface area contributed by atoms with Crippen LogP contribution in [0.1, 0.15) is 87.8 Å². The van der Waals surface area contributed by atoms with E-state index in [9.17, 15) is 43.1 Å². The molecule has 4 N–H and O–H groups in total. The molecular formula is C49H55ClFN5O13. The van der Waals surface area contributed by atoms with Gasteiger partial charge in [-0.05, 0) is 92.3 Å². The summed E-state index contributed by atoms with van der Waals surface area (Å²) in [5.41, 5.74) is 0.855. The molecule has 3 aromatic carbocycles. The number of carbonyl (C=O) groups excluding carboxylic acids is 7. The Hall–Kier alpha value is -5.93. The van der Waals surface area contributed by atoms with E-state index < -0.39 is 58.9 Å². The third-order valence-electron chi connectivity index (χ3n) is 12.0. The number of Topliss-reactive ketones (excluding diaryl/α,β-unsaturated/α-hetero) is 1. The zero-order valence-corrected chi connectivity index (χ0v) is 38.9. The van der Waals surface area contributed by atoms with Crippen molar-refractivity contribution in [2.75, 3.05) is 71.0 Å². The number of hydrogen-bond acceptors (Lipinski definition) is 13. The van der Waals surface area contributed by atoms with Gasteiger partial charge in [-0.2, -0.15) is 0 Å². The van der Waals surface area contributed by atoms with Gasteiger partial charge in [0.1, 0.15) is 11.9 Å². The molecule has 0 radical (unpaired) electrons. The number of ketones is 1. The zero-order valence-electron chi connectivity index (χ0n) is 38.2. The van der Waals surface area contributed by atoms with Crippen molar-refractivity contribution in [3.63, 3.8) is 0 Å². The van der Waals surface area contributed by atoms with Gasteiger partial charge in [0.2, 0.25) is 17.4 Å². The van der Waals surface area contributed by atoms with Crippen LogP contribution in [0.5, 0.6) is 0 Å². The third kappa shape index (κ3) is 12.5. The number of halogens is 2. The van der Waals surface area contributed by atoms with Gasteiger partial charge in [0.05, 0.1) is 69.7 Å². The lowest BCUT2D eigenvalue weighted by molar-refractivity contribution is -0.149. The van der Waals surface area contributed by atoms with Crippen LogP contribution in [-0.4, -0.2) is 140 Å². The first-order chi connectivity index (χ1) is 33.2. The number of imide groups is 2. The van der Waals surface area contributed by atoms with E-state index in [0.29, 0.717) is 124 Å². The Morgan fingerprint density at radius 1 is 0.826 bits per heavy atom. The molecule has 368 valence electrons. The number of hydrogen-bond donors (Lipinski definition) is 4. The number of aromatic nitrogens is 1. The molecule has 4 aromatic rings. The fourth-order valence-electron chi connectivity index (χ4n) is 8.64. The standard InChI is InChI=1S/C49H55ClFN5O13/c1-30-28-49(64,47(62)52-29-31-23-34(50)27-35(51)24-31)48(63)55(30)36-9-10-38-33(25-36)26-39(53-38)41(57)8-4-14-66-16-18-68-20-22-69-21-19-67-17-15-65-13-3-6-32-5-2-7-37-43(32)46(61)56(45(37)60)40-11-12-42(58)54-44(40)59/h2,5,7,9-10,23-27,30,40,53,64H,3-4,6,8,11-22,28-29H2,1H3,(H,52,62)(H,54,58,59). The van der Waals surface area contributed by atoms with Crippen LogP contribution in [0.2, 0.25) is 5.02 Å². The minimum absolute atomic E-state index is 0.0620. The molecule has 1 aromatic heterocycles. The number of aromatic amines is 1. The van der Waals surface area contributed by atoms with E-state index in [2.05, 4.69) is 15.6 Å². The maximum atomic E-state index is 13.7. The molecule has 3 unspecified atom stereocenters. The number of benzene rings is 3. The summed E-state index contributed by atoms with van der Waals surface area (Å²) in [6, 6.07) is 14.2. The van der Waals surface area contributed by atoms with E-state index in [1.807, 2.05) is 0 Å². The molecular weight excluding hydrogens is 921 g/mol. The number of anilines is 1. The van der Waals surface area contributed by atoms with Crippen molar-refractivity contribution in [3.05, 3.63) is 99.5 Å². The second-order valence-electron chi connectivity index (χ2n) is 17.0. The molecule has 0 spiro atoms. The topological polar surface area (TPSA) is 232 Å². The number of nitrogens with one attached hydrogen (secondary N) is 3. The van der Waals surface area contributed by atoms with E-state index in [0.717, 1.165) is 11.0 Å². The van der Waals surface area contributed by atoms with E-state index >= 15 is 0 Å². The summed E-state index contributed by atoms with van der Waals surface area (Å²) in [5, 5.41) is 16.8. The van der Waals surface area contributed by atoms with Gasteiger partial charge in [-0.15, -0.1) is 0 Å². The fraction of sp³-hybridized carbons (Fsp3) is 0.449. The number of carbonyl (C=O) groups is 7. The van der Waals surface area contributed by atoms with Crippen LogP contribution in [0.4, 0.5) is 10.1 Å². The SMILES string of the molecule is CC1CC(O)(C(=O)NCc2cc(F)cc(Cl)c2)C(=O)N1c1ccc2[nH]c(C(=O)CCCOCCOCCOCCOCCOCCCc3cccc4c3C(=O)N(C3CCC(=O)NC3=O)C4=O)cc2c1. The van der Waals surface area contributed by atoms with Crippen molar-refractivity contribution >= 4 is 69.4 Å². The Bertz CT molecular complexity index is 2550. The van der Waals surface area contributed by atoms with Crippen molar-refractivity contribution < 1.29 is 66.7 Å². The molecule has 0 saturated carbocycles. The average Bonchev–Trinajstić information content (AvgIpc) is 3.94. The second kappa shape index (κ2) is 23.6. The summed E-state index contributed by atoms with van der Waals surface area (Å²) in [4.78, 5) is 95.2. The van der Waals surface area contributed by atoms with Crippen molar-refractivity contribution in [1.29, 1.82) is 0 Å². The molecule has 4 heterocycles. The molecule has 7 rings (SSSR count). The van der Waals surface area contributed by atoms with Gasteiger partial charge in [-0.1, -0.05) is 23.7 Å². The van der Waals surface area contributed by atoms with Gasteiger partial charge in [0, 0.05) is 66.7 Å². The van der Waals surface area contributed by atoms with Crippen LogP contribution in [0.25, 0.3) is 10.9 Å². The van der Waals surface area contributed by atoms with E-state index in [1.54, 1.807) is 49.4 Å². The molecule has 3 aliphatic rings. The summed E-state index contributed by atoms with van der Waals surface area (Å²) in [6.45, 7) is 5.35. The molecule has 6 amide bonds. The number of fused-ring (bicyclic) bond motifs is 2. The second-order valence-corrected chi connectivity index (χ2v) is 17.4. The Labute approximate surface area is 402 Å². The predicted molar refractivity (Wildman–Crippen MR) is 247 cm³/mol. The highest BCUT2D eigenvalue weighted by Crippen LogP contribution is 2.36. The molecule has 3 aliphatic heterocycles. The lowest BCUT2D eigenvalue weighted by atomic mass is 9.99. The molecule has 0 aliphatic carbocycles. The number of ether oxygens (including phenoxy) is 5. The summed E-state index contributed by atoms with van der Waals surface area (Å²) >= 11 is 5.90. The Morgan fingerprint density at radius 3 is 2.16 bits per heavy atom. The first-order valence-electron chi connectivity index (χ1n) is 22.9. The summed E-state index contributed by atoms with van der Waals surface area (Å²) in [7, 11) is 0. The van der Waals surface area contributed by atoms with Gasteiger partial charge < -0.3 is 44.0 Å². The Balaban J connectivity index is 0.692. The first kappa shape index (κ1) is 50.9. The van der Waals surface area contributed by atoms with Crippen LogP contribution >= 0.6 is 11.6 Å². The fourth-order valence-corrected chi connectivity index (χ4v) is 8.88. The number of H-pyrrole nitrogens is 1. The Kier molecular flexibility index (Phi) is 17.4. The predicted octanol–water partition coefficient (Wildman–Crippen LogP) is 4.21. The van der Waals surface area contributed by atoms with Gasteiger partial charge >= 0.3 is 0 Å². The molecule has 20 heteroatoms. The normalized spacial score (nSPS) is 19.2. The van der Waals surface area contributed by atoms with Gasteiger partial charge in [-0.25, -0.2) is 4.39 Å². The highest BCUT2D eigenvalue weighted by molar-refractivity contribution is 6.30. The van der Waals surface area contributed by atoms with Crippen molar-refractivity contribution in [2.24, 2.45) is 0 Å². The lowest BCUT2D eigenvalue weighted by Crippen LogP contribution is -2.54. The molecule has 3 atom stereocenters. The minimum atomic E-state index is -2.33. The van der Waals surface area contributed by atoms with Gasteiger partial charge in [-0.3, -0.25) is 43.8 Å². The quantitative estimate of drug-likeness (QED) is 0.0299. The van der Waals surface area contributed by atoms with Crippen LogP contribution in [0.15, 0.2) is 60.7 Å². The number of aryl methyl sites for hydroxylation is 1. The maximum Gasteiger partial charge on any atom is 0.269 e. The molecule has 0 bridgehead atoms. The minimum Gasteiger partial charge on any atom is -0.379 e. The van der Waals surface area contributed by atoms with E-state index in [4.69, 9.17) is 35.3 Å². The van der Waals surface area contributed by atoms with Crippen molar-refractivity contribution in [2.45, 2.75) is 76.1 Å². The largest absolute Gasteiger partial charge is 0.379 e. The summed E-state index contributed by atoms with van der Waals surface area (Å²) in [5.74, 6) is -4.48. The van der Waals surface area contributed by atoms with Crippen LogP contribution in [0.3, 0.4) is 0 Å². The van der Waals surface area contributed by atoms with Crippen LogP contribution in [-0.2, 0) is 55.8 Å². The number of piperidine rings is 1. The Morgan fingerprint density at radius 2 is 1.49 bits per heavy atom. The molecule has 18 nitrogen and oxygen atoms in total. The maximum absolute atomic E-state index is 13.7. The lowest BCUT2D eigenvalue weighted by Gasteiger charge is -2.27. The van der Waals surface area contributed by atoms with E-state index in [1.165, 1.54) is 17.0 Å². The van der Waals surface area contributed by atoms with E-state index in [-0.39, 0.29) is 48.6 Å². The summed E-state index contributed by atoms with van der Waals surface area (Å²) < 4.78 is 41.7. The highest BCUT2D eigenvalue weighted by Gasteiger charge is 2.55. The number of rotatable bonds is 26. The van der Waals surface area contributed by atoms with Crippen LogP contribution in [0, 0.1) is 5.82 Å². The smallest absolute Gasteiger partial charge is 0.269 e. The highest BCUT2D eigenvalue weighted by atomic mass is 35.5. The monoisotopic (exact) mass is 975 g/mol. The van der Waals surface area contributed by atoms with Crippen molar-refractivity contribution in [3.8, 4) is 0 Å². The third-order valence-corrected chi connectivity index (χ3v) is 12.2. The van der Waals surface area contributed by atoms with Gasteiger partial charge in [0.25, 0.3) is 23.6 Å². The summed E-state index contributed by atoms with van der Waals surface area (Å²) in [6.07, 6.45) is 1.85.